The minimum absolute atomic E-state index is 0.00480. The van der Waals surface area contributed by atoms with Gasteiger partial charge in [0.2, 0.25) is 5.91 Å². The molecule has 1 heterocycles. The van der Waals surface area contributed by atoms with Crippen molar-refractivity contribution in [2.24, 2.45) is 0 Å². The molecule has 0 bridgehead atoms. The number of rotatable bonds is 7. The molecule has 1 N–H and O–H groups in total. The van der Waals surface area contributed by atoms with Gasteiger partial charge in [0.05, 0.1) is 4.92 Å². The van der Waals surface area contributed by atoms with Gasteiger partial charge in [-0.1, -0.05) is 6.07 Å². The van der Waals surface area contributed by atoms with E-state index >= 15 is 0 Å². The molecule has 0 atom stereocenters. The Balaban J connectivity index is 1.57. The van der Waals surface area contributed by atoms with Gasteiger partial charge >= 0.3 is 0 Å². The first-order valence-corrected chi connectivity index (χ1v) is 8.45. The van der Waals surface area contributed by atoms with E-state index < -0.39 is 4.92 Å². The van der Waals surface area contributed by atoms with Crippen LogP contribution in [-0.2, 0) is 11.4 Å². The lowest BCUT2D eigenvalue weighted by Gasteiger charge is -2.08. The molecule has 7 heteroatoms. The van der Waals surface area contributed by atoms with Crippen LogP contribution in [0.3, 0.4) is 0 Å². The van der Waals surface area contributed by atoms with E-state index in [2.05, 4.69) is 10.3 Å². The van der Waals surface area contributed by atoms with E-state index in [1.807, 2.05) is 18.2 Å². The number of carbonyl (C=O) groups excluding carboxylic acids is 1. The summed E-state index contributed by atoms with van der Waals surface area (Å²) in [6.07, 6.45) is 6.35. The standard InChI is InChI=1S/C21H17N3O4/c25-21(9-6-16-4-7-19(8-5-16)24(26)27)23-18-2-1-3-20(14-18)28-15-17-10-12-22-13-11-17/h1-14H,15H2,(H,23,25)/b9-6+. The van der Waals surface area contributed by atoms with Crippen molar-refractivity contribution in [3.05, 3.63) is 100 Å². The summed E-state index contributed by atoms with van der Waals surface area (Å²) < 4.78 is 5.72. The fourth-order valence-electron chi connectivity index (χ4n) is 2.37. The van der Waals surface area contributed by atoms with Gasteiger partial charge in [0.25, 0.3) is 5.69 Å². The fraction of sp³-hybridized carbons (Fsp3) is 0.0476. The van der Waals surface area contributed by atoms with E-state index in [0.717, 1.165) is 5.56 Å². The molecule has 28 heavy (non-hydrogen) atoms. The number of benzene rings is 2. The van der Waals surface area contributed by atoms with Crippen LogP contribution in [0, 0.1) is 10.1 Å². The van der Waals surface area contributed by atoms with Gasteiger partial charge in [-0.2, -0.15) is 0 Å². The highest BCUT2D eigenvalue weighted by Gasteiger charge is 2.04. The summed E-state index contributed by atoms with van der Waals surface area (Å²) >= 11 is 0. The molecular weight excluding hydrogens is 358 g/mol. The van der Waals surface area contributed by atoms with E-state index in [4.69, 9.17) is 4.74 Å². The van der Waals surface area contributed by atoms with Gasteiger partial charge in [-0.25, -0.2) is 0 Å². The van der Waals surface area contributed by atoms with Gasteiger partial charge in [-0.3, -0.25) is 19.9 Å². The van der Waals surface area contributed by atoms with Crippen molar-refractivity contribution < 1.29 is 14.5 Å². The Bertz CT molecular complexity index is 986. The number of hydrogen-bond donors (Lipinski definition) is 1. The van der Waals surface area contributed by atoms with Crippen LogP contribution in [0.2, 0.25) is 0 Å². The Morgan fingerprint density at radius 2 is 1.86 bits per heavy atom. The maximum Gasteiger partial charge on any atom is 0.269 e. The number of nitrogens with one attached hydrogen (secondary N) is 1. The smallest absolute Gasteiger partial charge is 0.269 e. The minimum atomic E-state index is -0.468. The number of non-ortho nitro benzene ring substituents is 1. The second-order valence-corrected chi connectivity index (χ2v) is 5.84. The normalized spacial score (nSPS) is 10.6. The lowest BCUT2D eigenvalue weighted by molar-refractivity contribution is -0.384. The van der Waals surface area contributed by atoms with Crippen molar-refractivity contribution >= 4 is 23.4 Å². The van der Waals surface area contributed by atoms with Crippen LogP contribution < -0.4 is 10.1 Å². The summed E-state index contributed by atoms with van der Waals surface area (Å²) in [5.41, 5.74) is 2.29. The number of hydrogen-bond acceptors (Lipinski definition) is 5. The van der Waals surface area contributed by atoms with Crippen LogP contribution in [0.15, 0.2) is 79.1 Å². The molecular formula is C21H17N3O4. The number of nitro benzene ring substituents is 1. The molecule has 0 saturated heterocycles. The van der Waals surface area contributed by atoms with Crippen LogP contribution in [0.5, 0.6) is 5.75 Å². The van der Waals surface area contributed by atoms with E-state index in [1.54, 1.807) is 48.8 Å². The molecule has 140 valence electrons. The Morgan fingerprint density at radius 1 is 1.11 bits per heavy atom. The van der Waals surface area contributed by atoms with Crippen molar-refractivity contribution in [2.45, 2.75) is 6.61 Å². The van der Waals surface area contributed by atoms with Crippen LogP contribution in [0.25, 0.3) is 6.08 Å². The minimum Gasteiger partial charge on any atom is -0.489 e. The lowest BCUT2D eigenvalue weighted by atomic mass is 10.2. The number of ether oxygens (including phenoxy) is 1. The number of nitrogens with zero attached hydrogens (tertiary/aromatic N) is 2. The molecule has 2 aromatic carbocycles. The molecule has 0 unspecified atom stereocenters. The number of anilines is 1. The summed E-state index contributed by atoms with van der Waals surface area (Å²) in [4.78, 5) is 26.2. The van der Waals surface area contributed by atoms with Crippen LogP contribution >= 0.6 is 0 Å². The average molecular weight is 375 g/mol. The molecule has 0 fully saturated rings. The third-order valence-electron chi connectivity index (χ3n) is 3.79. The number of nitro groups is 1. The van der Waals surface area contributed by atoms with Crippen LogP contribution in [-0.4, -0.2) is 15.8 Å². The van der Waals surface area contributed by atoms with E-state index in [-0.39, 0.29) is 11.6 Å². The number of pyridine rings is 1. The fourth-order valence-corrected chi connectivity index (χ4v) is 2.37. The highest BCUT2D eigenvalue weighted by atomic mass is 16.6. The lowest BCUT2D eigenvalue weighted by Crippen LogP contribution is -2.07. The zero-order valence-electron chi connectivity index (χ0n) is 14.8. The molecule has 3 aromatic rings. The zero-order valence-corrected chi connectivity index (χ0v) is 14.8. The largest absolute Gasteiger partial charge is 0.489 e. The summed E-state index contributed by atoms with van der Waals surface area (Å²) in [7, 11) is 0. The summed E-state index contributed by atoms with van der Waals surface area (Å²) in [5, 5.41) is 13.4. The molecule has 0 aliphatic rings. The molecule has 1 amide bonds. The van der Waals surface area contributed by atoms with Crippen molar-refractivity contribution in [3.63, 3.8) is 0 Å². The first-order chi connectivity index (χ1) is 13.6. The monoisotopic (exact) mass is 375 g/mol. The molecule has 3 rings (SSSR count). The van der Waals surface area contributed by atoms with E-state index in [0.29, 0.717) is 23.6 Å². The van der Waals surface area contributed by atoms with Crippen LogP contribution in [0.1, 0.15) is 11.1 Å². The van der Waals surface area contributed by atoms with Gasteiger partial charge in [0.15, 0.2) is 0 Å². The van der Waals surface area contributed by atoms with Crippen molar-refractivity contribution in [1.82, 2.24) is 4.98 Å². The Hall–Kier alpha value is -4.00. The zero-order chi connectivity index (χ0) is 19.8. The number of carbonyl (C=O) groups is 1. The molecule has 1 aromatic heterocycles. The predicted molar refractivity (Wildman–Crippen MR) is 106 cm³/mol. The molecule has 7 nitrogen and oxygen atoms in total. The van der Waals surface area contributed by atoms with Gasteiger partial charge in [0, 0.05) is 42.4 Å². The summed E-state index contributed by atoms with van der Waals surface area (Å²) in [6, 6.07) is 16.8. The van der Waals surface area contributed by atoms with E-state index in [9.17, 15) is 14.9 Å². The molecule has 0 saturated carbocycles. The Labute approximate surface area is 161 Å². The maximum atomic E-state index is 12.1. The number of aromatic nitrogens is 1. The highest BCUT2D eigenvalue weighted by Crippen LogP contribution is 2.19. The second kappa shape index (κ2) is 9.09. The SMILES string of the molecule is O=C(/C=C/c1ccc([N+](=O)[O-])cc1)Nc1cccc(OCc2ccncc2)c1. The quantitative estimate of drug-likeness (QED) is 0.379. The number of amides is 1. The third kappa shape index (κ3) is 5.50. The maximum absolute atomic E-state index is 12.1. The van der Waals surface area contributed by atoms with Crippen molar-refractivity contribution in [3.8, 4) is 5.75 Å². The topological polar surface area (TPSA) is 94.4 Å². The molecule has 0 radical (unpaired) electrons. The molecule has 0 spiro atoms. The van der Waals surface area contributed by atoms with Gasteiger partial charge in [-0.15, -0.1) is 0 Å². The molecule has 0 aliphatic heterocycles. The van der Waals surface area contributed by atoms with Crippen molar-refractivity contribution in [1.29, 1.82) is 0 Å². The third-order valence-corrected chi connectivity index (χ3v) is 3.79. The summed E-state index contributed by atoms with van der Waals surface area (Å²) in [6.45, 7) is 0.403. The Morgan fingerprint density at radius 3 is 2.57 bits per heavy atom. The average Bonchev–Trinajstić information content (AvgIpc) is 2.72. The first-order valence-electron chi connectivity index (χ1n) is 8.45. The highest BCUT2D eigenvalue weighted by molar-refractivity contribution is 6.02. The second-order valence-electron chi connectivity index (χ2n) is 5.84. The van der Waals surface area contributed by atoms with Crippen molar-refractivity contribution in [2.75, 3.05) is 5.32 Å². The predicted octanol–water partition coefficient (Wildman–Crippen LogP) is 4.22. The summed E-state index contributed by atoms with van der Waals surface area (Å²) in [5.74, 6) is 0.318. The van der Waals surface area contributed by atoms with Crippen LogP contribution in [0.4, 0.5) is 11.4 Å². The first kappa shape index (κ1) is 18.8. The van der Waals surface area contributed by atoms with E-state index in [1.165, 1.54) is 18.2 Å². The van der Waals surface area contributed by atoms with Gasteiger partial charge < -0.3 is 10.1 Å². The van der Waals surface area contributed by atoms with Gasteiger partial charge in [-0.05, 0) is 53.6 Å². The Kier molecular flexibility index (Phi) is 6.10. The molecule has 0 aliphatic carbocycles. The van der Waals surface area contributed by atoms with Gasteiger partial charge in [0.1, 0.15) is 12.4 Å².